The fraction of sp³-hybridized carbons (Fsp3) is 0.667. The highest BCUT2D eigenvalue weighted by Crippen LogP contribution is 2.27. The van der Waals surface area contributed by atoms with Crippen molar-refractivity contribution >= 4 is 23.2 Å². The largest absolute Gasteiger partial charge is 0.296 e. The molecule has 0 aliphatic heterocycles. The maximum absolute atomic E-state index is 6.27. The van der Waals surface area contributed by atoms with Gasteiger partial charge in [0.25, 0.3) is 0 Å². The number of hydrogen-bond donors (Lipinski definition) is 0. The van der Waals surface area contributed by atoms with Crippen LogP contribution in [0.4, 0.5) is 0 Å². The monoisotopic (exact) mass is 300 g/mol. The molecule has 1 aromatic rings. The summed E-state index contributed by atoms with van der Waals surface area (Å²) in [7, 11) is 0. The molecule has 1 aliphatic rings. The highest BCUT2D eigenvalue weighted by Gasteiger charge is 2.23. The van der Waals surface area contributed by atoms with Crippen LogP contribution in [0.2, 0.25) is 10.2 Å². The molecule has 0 aromatic carbocycles. The van der Waals surface area contributed by atoms with Crippen molar-refractivity contribution in [1.29, 1.82) is 0 Å². The molecule has 1 aliphatic carbocycles. The third-order valence-corrected chi connectivity index (χ3v) is 4.27. The molecule has 0 amide bonds. The molecule has 0 saturated heterocycles. The zero-order valence-corrected chi connectivity index (χ0v) is 13.2. The van der Waals surface area contributed by atoms with E-state index in [2.05, 4.69) is 23.7 Å². The average molecular weight is 301 g/mol. The summed E-state index contributed by atoms with van der Waals surface area (Å²) in [5, 5.41) is 1.19. The lowest BCUT2D eigenvalue weighted by Crippen LogP contribution is -2.35. The van der Waals surface area contributed by atoms with Crippen LogP contribution in [0.3, 0.4) is 0 Å². The van der Waals surface area contributed by atoms with Crippen LogP contribution in [0, 0.1) is 5.92 Å². The summed E-state index contributed by atoms with van der Waals surface area (Å²) in [4.78, 5) is 6.72. The van der Waals surface area contributed by atoms with Crippen molar-refractivity contribution in [3.63, 3.8) is 0 Å². The minimum absolute atomic E-state index is 0.463. The van der Waals surface area contributed by atoms with E-state index in [-0.39, 0.29) is 0 Å². The van der Waals surface area contributed by atoms with Gasteiger partial charge in [0.1, 0.15) is 5.15 Å². The van der Waals surface area contributed by atoms with Crippen molar-refractivity contribution in [3.05, 3.63) is 28.0 Å². The quantitative estimate of drug-likeness (QED) is 0.727. The smallest absolute Gasteiger partial charge is 0.130 e. The van der Waals surface area contributed by atoms with Gasteiger partial charge in [-0.15, -0.1) is 0 Å². The predicted octanol–water partition coefficient (Wildman–Crippen LogP) is 4.79. The first-order valence-electron chi connectivity index (χ1n) is 7.10. The molecule has 4 heteroatoms. The van der Waals surface area contributed by atoms with Crippen LogP contribution >= 0.6 is 23.2 Å². The Hall–Kier alpha value is -0.310. The van der Waals surface area contributed by atoms with Crippen molar-refractivity contribution in [3.8, 4) is 0 Å². The molecule has 1 heterocycles. The molecule has 0 N–H and O–H groups in total. The SMILES string of the molecule is CC(C)CN(Cc1cnc(Cl)cc1Cl)C1CCCC1. The first-order chi connectivity index (χ1) is 9.06. The molecule has 2 rings (SSSR count). The molecular weight excluding hydrogens is 279 g/mol. The molecule has 0 atom stereocenters. The van der Waals surface area contributed by atoms with Crippen LogP contribution in [-0.2, 0) is 6.54 Å². The lowest BCUT2D eigenvalue weighted by molar-refractivity contribution is 0.168. The van der Waals surface area contributed by atoms with E-state index in [0.717, 1.165) is 23.7 Å². The second kappa shape index (κ2) is 6.92. The molecule has 19 heavy (non-hydrogen) atoms. The maximum atomic E-state index is 6.27. The Kier molecular flexibility index (Phi) is 5.49. The molecule has 0 spiro atoms. The molecule has 1 saturated carbocycles. The van der Waals surface area contributed by atoms with Crippen molar-refractivity contribution in [1.82, 2.24) is 9.88 Å². The molecule has 0 unspecified atom stereocenters. The third kappa shape index (κ3) is 4.34. The van der Waals surface area contributed by atoms with E-state index in [9.17, 15) is 0 Å². The number of aromatic nitrogens is 1. The van der Waals surface area contributed by atoms with Crippen LogP contribution in [-0.4, -0.2) is 22.5 Å². The van der Waals surface area contributed by atoms with Crippen LogP contribution in [0.5, 0.6) is 0 Å². The van der Waals surface area contributed by atoms with Gasteiger partial charge in [-0.1, -0.05) is 49.9 Å². The van der Waals surface area contributed by atoms with E-state index in [4.69, 9.17) is 23.2 Å². The van der Waals surface area contributed by atoms with Crippen LogP contribution < -0.4 is 0 Å². The number of rotatable bonds is 5. The Balaban J connectivity index is 2.09. The second-order valence-electron chi connectivity index (χ2n) is 5.86. The highest BCUT2D eigenvalue weighted by molar-refractivity contribution is 6.34. The van der Waals surface area contributed by atoms with Crippen molar-refractivity contribution in [2.45, 2.75) is 52.1 Å². The van der Waals surface area contributed by atoms with Gasteiger partial charge in [0.05, 0.1) is 0 Å². The number of nitrogens with zero attached hydrogens (tertiary/aromatic N) is 2. The zero-order chi connectivity index (χ0) is 13.8. The van der Waals surface area contributed by atoms with E-state index in [1.165, 1.54) is 25.7 Å². The normalized spacial score (nSPS) is 16.7. The van der Waals surface area contributed by atoms with E-state index < -0.39 is 0 Å². The minimum Gasteiger partial charge on any atom is -0.296 e. The summed E-state index contributed by atoms with van der Waals surface area (Å²) < 4.78 is 0. The molecule has 1 fully saturated rings. The zero-order valence-electron chi connectivity index (χ0n) is 11.7. The number of hydrogen-bond acceptors (Lipinski definition) is 2. The minimum atomic E-state index is 0.463. The third-order valence-electron chi connectivity index (χ3n) is 3.71. The van der Waals surface area contributed by atoms with Crippen LogP contribution in [0.15, 0.2) is 12.3 Å². The summed E-state index contributed by atoms with van der Waals surface area (Å²) in [6.45, 7) is 6.53. The Bertz CT molecular complexity index is 415. The molecular formula is C15H22Cl2N2. The highest BCUT2D eigenvalue weighted by atomic mass is 35.5. The van der Waals surface area contributed by atoms with Gasteiger partial charge in [-0.3, -0.25) is 4.90 Å². The topological polar surface area (TPSA) is 16.1 Å². The lowest BCUT2D eigenvalue weighted by atomic mass is 10.1. The predicted molar refractivity (Wildman–Crippen MR) is 81.8 cm³/mol. The molecule has 2 nitrogen and oxygen atoms in total. The summed E-state index contributed by atoms with van der Waals surface area (Å²) in [5.41, 5.74) is 1.08. The van der Waals surface area contributed by atoms with Crippen molar-refractivity contribution in [2.24, 2.45) is 5.92 Å². The maximum Gasteiger partial charge on any atom is 0.130 e. The standard InChI is InChI=1S/C15H22Cl2N2/c1-11(2)9-19(13-5-3-4-6-13)10-12-8-18-15(17)7-14(12)16/h7-8,11,13H,3-6,9-10H2,1-2H3. The van der Waals surface area contributed by atoms with Gasteiger partial charge >= 0.3 is 0 Å². The lowest BCUT2D eigenvalue weighted by Gasteiger charge is -2.30. The Morgan fingerprint density at radius 2 is 2.00 bits per heavy atom. The van der Waals surface area contributed by atoms with Gasteiger partial charge in [-0.05, 0) is 24.8 Å². The van der Waals surface area contributed by atoms with Gasteiger partial charge in [0, 0.05) is 35.9 Å². The summed E-state index contributed by atoms with van der Waals surface area (Å²) in [6.07, 6.45) is 7.14. The number of pyridine rings is 1. The Labute approximate surface area is 126 Å². The summed E-state index contributed by atoms with van der Waals surface area (Å²) in [5.74, 6) is 0.666. The molecule has 106 valence electrons. The average Bonchev–Trinajstić information content (AvgIpc) is 2.84. The van der Waals surface area contributed by atoms with Gasteiger partial charge in [-0.2, -0.15) is 0 Å². The molecule has 0 radical (unpaired) electrons. The molecule has 0 bridgehead atoms. The first-order valence-corrected chi connectivity index (χ1v) is 7.86. The van der Waals surface area contributed by atoms with Gasteiger partial charge in [0.2, 0.25) is 0 Å². The van der Waals surface area contributed by atoms with E-state index >= 15 is 0 Å². The van der Waals surface area contributed by atoms with E-state index in [1.807, 2.05) is 6.20 Å². The van der Waals surface area contributed by atoms with Crippen molar-refractivity contribution < 1.29 is 0 Å². The van der Waals surface area contributed by atoms with Crippen LogP contribution in [0.1, 0.15) is 45.1 Å². The first kappa shape index (κ1) is 15.1. The molecule has 1 aromatic heterocycles. The fourth-order valence-corrected chi connectivity index (χ4v) is 3.28. The van der Waals surface area contributed by atoms with E-state index in [1.54, 1.807) is 6.07 Å². The Morgan fingerprint density at radius 3 is 2.58 bits per heavy atom. The number of halogens is 2. The summed E-state index contributed by atoms with van der Waals surface area (Å²) >= 11 is 12.1. The second-order valence-corrected chi connectivity index (χ2v) is 6.65. The Morgan fingerprint density at radius 1 is 1.32 bits per heavy atom. The van der Waals surface area contributed by atoms with Crippen molar-refractivity contribution in [2.75, 3.05) is 6.54 Å². The fourth-order valence-electron chi connectivity index (χ4n) is 2.85. The van der Waals surface area contributed by atoms with Gasteiger partial charge in [-0.25, -0.2) is 4.98 Å². The van der Waals surface area contributed by atoms with Gasteiger partial charge in [0.15, 0.2) is 0 Å². The summed E-state index contributed by atoms with van der Waals surface area (Å²) in [6, 6.07) is 2.44. The van der Waals surface area contributed by atoms with Crippen LogP contribution in [0.25, 0.3) is 0 Å². The van der Waals surface area contributed by atoms with E-state index in [0.29, 0.717) is 17.1 Å². The van der Waals surface area contributed by atoms with Gasteiger partial charge < -0.3 is 0 Å².